The first-order valence-electron chi connectivity index (χ1n) is 7.82. The van der Waals surface area contributed by atoms with Gasteiger partial charge >= 0.3 is 5.97 Å². The fourth-order valence-electron chi connectivity index (χ4n) is 1.80. The number of aliphatic imine (C=N–C) groups is 1. The third-order valence-corrected chi connectivity index (χ3v) is 2.95. The van der Waals surface area contributed by atoms with Crippen LogP contribution < -0.4 is 10.6 Å². The van der Waals surface area contributed by atoms with Gasteiger partial charge in [0.15, 0.2) is 5.96 Å². The molecule has 0 unspecified atom stereocenters. The van der Waals surface area contributed by atoms with E-state index in [1.165, 1.54) is 7.11 Å². The van der Waals surface area contributed by atoms with Gasteiger partial charge in [-0.1, -0.05) is 12.8 Å². The fraction of sp³-hybridized carbons (Fsp3) is 0.867. The van der Waals surface area contributed by atoms with E-state index in [0.717, 1.165) is 64.3 Å². The molecule has 22 heavy (non-hydrogen) atoms. The lowest BCUT2D eigenvalue weighted by Gasteiger charge is -2.11. The van der Waals surface area contributed by atoms with E-state index in [0.29, 0.717) is 6.42 Å². The highest BCUT2D eigenvalue weighted by atomic mass is 127. The first kappa shape index (κ1) is 23.7. The maximum atomic E-state index is 10.9. The van der Waals surface area contributed by atoms with E-state index in [9.17, 15) is 4.79 Å². The summed E-state index contributed by atoms with van der Waals surface area (Å²) in [7, 11) is 3.13. The Labute approximate surface area is 151 Å². The lowest BCUT2D eigenvalue weighted by molar-refractivity contribution is -0.140. The number of ether oxygens (including phenoxy) is 2. The largest absolute Gasteiger partial charge is 0.469 e. The lowest BCUT2D eigenvalue weighted by atomic mass is 10.1. The maximum Gasteiger partial charge on any atom is 0.305 e. The van der Waals surface area contributed by atoms with Gasteiger partial charge < -0.3 is 20.1 Å². The van der Waals surface area contributed by atoms with Gasteiger partial charge in [-0.25, -0.2) is 0 Å². The van der Waals surface area contributed by atoms with Crippen LogP contribution in [0.4, 0.5) is 0 Å². The third kappa shape index (κ3) is 15.8. The second-order valence-corrected chi connectivity index (χ2v) is 4.77. The monoisotopic (exact) mass is 429 g/mol. The minimum absolute atomic E-state index is 0. The molecule has 0 atom stereocenters. The molecule has 0 rings (SSSR count). The van der Waals surface area contributed by atoms with Crippen molar-refractivity contribution < 1.29 is 14.3 Å². The summed E-state index contributed by atoms with van der Waals surface area (Å²) >= 11 is 0. The Kier molecular flexibility index (Phi) is 19.9. The molecule has 0 aromatic carbocycles. The zero-order chi connectivity index (χ0) is 15.8. The van der Waals surface area contributed by atoms with E-state index in [1.54, 1.807) is 7.11 Å². The summed E-state index contributed by atoms with van der Waals surface area (Å²) in [5.74, 6) is 0.744. The topological polar surface area (TPSA) is 72.0 Å². The van der Waals surface area contributed by atoms with Crippen molar-refractivity contribution in [2.75, 3.05) is 40.5 Å². The average molecular weight is 429 g/mol. The summed E-state index contributed by atoms with van der Waals surface area (Å²) in [4.78, 5) is 15.4. The minimum atomic E-state index is -0.120. The molecule has 0 bridgehead atoms. The summed E-state index contributed by atoms with van der Waals surface area (Å²) < 4.78 is 9.61. The molecule has 0 radical (unpaired) electrons. The van der Waals surface area contributed by atoms with Gasteiger partial charge in [0.05, 0.1) is 7.11 Å². The fourth-order valence-corrected chi connectivity index (χ4v) is 1.80. The number of guanidine groups is 1. The molecule has 0 aromatic heterocycles. The standard InChI is InChI=1S/C15H31N3O3.HI/c1-4-16-15(18-12-9-13-20-2)17-11-8-6-5-7-10-14(19)21-3;/h4-13H2,1-3H3,(H2,16,17,18);1H. The molecule has 0 spiro atoms. The van der Waals surface area contributed by atoms with Crippen molar-refractivity contribution in [3.8, 4) is 0 Å². The molecular formula is C15H32IN3O3. The Bertz CT molecular complexity index is 289. The molecule has 0 aromatic rings. The number of carbonyl (C=O) groups is 1. The van der Waals surface area contributed by atoms with Gasteiger partial charge in [-0.15, -0.1) is 24.0 Å². The van der Waals surface area contributed by atoms with Crippen LogP contribution in [-0.2, 0) is 14.3 Å². The first-order chi connectivity index (χ1) is 10.2. The van der Waals surface area contributed by atoms with Crippen LogP contribution in [0.5, 0.6) is 0 Å². The molecule has 6 nitrogen and oxygen atoms in total. The number of hydrogen-bond acceptors (Lipinski definition) is 4. The summed E-state index contributed by atoms with van der Waals surface area (Å²) in [5.41, 5.74) is 0. The molecule has 0 fully saturated rings. The number of hydrogen-bond donors (Lipinski definition) is 2. The number of esters is 1. The predicted octanol–water partition coefficient (Wildman–Crippen LogP) is 2.32. The molecular weight excluding hydrogens is 397 g/mol. The number of nitrogens with zero attached hydrogens (tertiary/aromatic N) is 1. The second kappa shape index (κ2) is 18.5. The SMILES string of the molecule is CCNC(=NCCCOC)NCCCCCCC(=O)OC.I. The summed E-state index contributed by atoms with van der Waals surface area (Å²) in [6, 6.07) is 0. The van der Waals surface area contributed by atoms with Gasteiger partial charge in [0, 0.05) is 39.8 Å². The molecule has 132 valence electrons. The van der Waals surface area contributed by atoms with Crippen LogP contribution in [0.1, 0.15) is 45.4 Å². The zero-order valence-corrected chi connectivity index (χ0v) is 16.5. The van der Waals surface area contributed by atoms with Crippen molar-refractivity contribution in [3.05, 3.63) is 0 Å². The van der Waals surface area contributed by atoms with Crippen molar-refractivity contribution in [1.29, 1.82) is 0 Å². The van der Waals surface area contributed by atoms with E-state index in [2.05, 4.69) is 27.3 Å². The van der Waals surface area contributed by atoms with Crippen LogP contribution in [0.15, 0.2) is 4.99 Å². The predicted molar refractivity (Wildman–Crippen MR) is 101 cm³/mol. The van der Waals surface area contributed by atoms with Crippen LogP contribution >= 0.6 is 24.0 Å². The molecule has 0 heterocycles. The van der Waals surface area contributed by atoms with Gasteiger partial charge in [0.25, 0.3) is 0 Å². The number of methoxy groups -OCH3 is 2. The highest BCUT2D eigenvalue weighted by Crippen LogP contribution is 2.03. The third-order valence-electron chi connectivity index (χ3n) is 2.95. The Morgan fingerprint density at radius 3 is 2.41 bits per heavy atom. The molecule has 2 N–H and O–H groups in total. The van der Waals surface area contributed by atoms with Crippen LogP contribution in [0, 0.1) is 0 Å². The smallest absolute Gasteiger partial charge is 0.305 e. The molecule has 0 saturated carbocycles. The molecule has 7 heteroatoms. The van der Waals surface area contributed by atoms with Gasteiger partial charge in [-0.2, -0.15) is 0 Å². The summed E-state index contributed by atoms with van der Waals surface area (Å²) in [5, 5.41) is 6.54. The molecule has 0 amide bonds. The molecule has 0 aliphatic carbocycles. The van der Waals surface area contributed by atoms with Gasteiger partial charge in [-0.3, -0.25) is 9.79 Å². The highest BCUT2D eigenvalue weighted by Gasteiger charge is 2.00. The number of rotatable bonds is 12. The highest BCUT2D eigenvalue weighted by molar-refractivity contribution is 14.0. The van der Waals surface area contributed by atoms with Crippen molar-refractivity contribution in [2.45, 2.75) is 45.4 Å². The second-order valence-electron chi connectivity index (χ2n) is 4.77. The number of carbonyl (C=O) groups excluding carboxylic acids is 1. The summed E-state index contributed by atoms with van der Waals surface area (Å²) in [6.07, 6.45) is 5.58. The van der Waals surface area contributed by atoms with Crippen molar-refractivity contribution in [1.82, 2.24) is 10.6 Å². The van der Waals surface area contributed by atoms with Crippen LogP contribution in [-0.4, -0.2) is 52.4 Å². The number of nitrogens with one attached hydrogen (secondary N) is 2. The zero-order valence-electron chi connectivity index (χ0n) is 14.2. The van der Waals surface area contributed by atoms with Crippen LogP contribution in [0.3, 0.4) is 0 Å². The Morgan fingerprint density at radius 2 is 1.77 bits per heavy atom. The maximum absolute atomic E-state index is 10.9. The Morgan fingerprint density at radius 1 is 1.05 bits per heavy atom. The number of unbranched alkanes of at least 4 members (excludes halogenated alkanes) is 3. The van der Waals surface area contributed by atoms with E-state index < -0.39 is 0 Å². The van der Waals surface area contributed by atoms with Gasteiger partial charge in [0.2, 0.25) is 0 Å². The average Bonchev–Trinajstić information content (AvgIpc) is 2.50. The first-order valence-corrected chi connectivity index (χ1v) is 7.82. The summed E-state index contributed by atoms with van der Waals surface area (Å²) in [6.45, 7) is 5.31. The van der Waals surface area contributed by atoms with Crippen LogP contribution in [0.2, 0.25) is 0 Å². The Balaban J connectivity index is 0. The minimum Gasteiger partial charge on any atom is -0.469 e. The van der Waals surface area contributed by atoms with Crippen LogP contribution in [0.25, 0.3) is 0 Å². The Hall–Kier alpha value is -0.570. The molecule has 0 saturated heterocycles. The normalized spacial score (nSPS) is 10.8. The van der Waals surface area contributed by atoms with Gasteiger partial charge in [0.1, 0.15) is 0 Å². The van der Waals surface area contributed by atoms with E-state index in [4.69, 9.17) is 4.74 Å². The van der Waals surface area contributed by atoms with Crippen molar-refractivity contribution >= 4 is 35.9 Å². The van der Waals surface area contributed by atoms with Crippen molar-refractivity contribution in [2.24, 2.45) is 4.99 Å². The van der Waals surface area contributed by atoms with Gasteiger partial charge in [-0.05, 0) is 26.2 Å². The quantitative estimate of drug-likeness (QED) is 0.164. The molecule has 0 aliphatic rings. The number of halogens is 1. The van der Waals surface area contributed by atoms with E-state index in [-0.39, 0.29) is 29.9 Å². The molecule has 0 aliphatic heterocycles. The lowest BCUT2D eigenvalue weighted by Crippen LogP contribution is -2.37. The van der Waals surface area contributed by atoms with E-state index >= 15 is 0 Å². The van der Waals surface area contributed by atoms with Crippen molar-refractivity contribution in [3.63, 3.8) is 0 Å². The van der Waals surface area contributed by atoms with E-state index in [1.807, 2.05) is 0 Å².